The van der Waals surface area contributed by atoms with E-state index >= 15 is 0 Å². The molecule has 0 saturated heterocycles. The van der Waals surface area contributed by atoms with Crippen LogP contribution in [0.25, 0.3) is 11.2 Å². The van der Waals surface area contributed by atoms with Crippen LogP contribution in [-0.2, 0) is 0 Å². The second kappa shape index (κ2) is 5.84. The van der Waals surface area contributed by atoms with E-state index in [2.05, 4.69) is 47.4 Å². The largest absolute Gasteiger partial charge is 0.329 e. The Morgan fingerprint density at radius 2 is 2.16 bits per heavy atom. The molecule has 5 heteroatoms. The topological polar surface area (TPSA) is 36.9 Å². The van der Waals surface area contributed by atoms with Crippen molar-refractivity contribution in [1.29, 1.82) is 0 Å². The van der Waals surface area contributed by atoms with Gasteiger partial charge in [0.1, 0.15) is 0 Å². The molecule has 0 aromatic carbocycles. The van der Waals surface area contributed by atoms with Crippen molar-refractivity contribution in [3.8, 4) is 0 Å². The summed E-state index contributed by atoms with van der Waals surface area (Å²) in [6.07, 6.45) is 2.92. The van der Waals surface area contributed by atoms with E-state index in [1.807, 2.05) is 18.3 Å². The number of aromatic nitrogens is 3. The number of hydrogen-bond donors (Lipinski definition) is 1. The van der Waals surface area contributed by atoms with Gasteiger partial charge in [-0.3, -0.25) is 4.57 Å². The summed E-state index contributed by atoms with van der Waals surface area (Å²) in [5.41, 5.74) is 1.97. The Morgan fingerprint density at radius 1 is 1.42 bits per heavy atom. The number of imidazole rings is 1. The maximum atomic E-state index is 5.48. The van der Waals surface area contributed by atoms with Crippen LogP contribution in [-0.4, -0.2) is 40.1 Å². The Labute approximate surface area is 119 Å². The minimum absolute atomic E-state index is 0.353. The molecule has 1 atom stereocenters. The number of fused-ring (bicyclic) bond motifs is 1. The van der Waals surface area contributed by atoms with E-state index in [9.17, 15) is 0 Å². The quantitative estimate of drug-likeness (QED) is 0.853. The highest BCUT2D eigenvalue weighted by atomic mass is 32.1. The lowest BCUT2D eigenvalue weighted by Crippen LogP contribution is -2.26. The van der Waals surface area contributed by atoms with E-state index in [-0.39, 0.29) is 0 Å². The zero-order valence-electron chi connectivity index (χ0n) is 12.1. The molecule has 0 amide bonds. The van der Waals surface area contributed by atoms with Gasteiger partial charge >= 0.3 is 0 Å². The minimum Gasteiger partial charge on any atom is -0.329 e. The SMILES string of the molecule is CC(C)CC(CN(C)C)n1c(=S)[nH]c2cccnc21. The number of likely N-dealkylation sites (N-methyl/N-ethyl adjacent to an activating group) is 1. The number of nitrogens with zero attached hydrogens (tertiary/aromatic N) is 3. The molecule has 0 saturated carbocycles. The molecule has 0 aliphatic rings. The van der Waals surface area contributed by atoms with E-state index in [1.165, 1.54) is 0 Å². The molecule has 0 radical (unpaired) electrons. The highest BCUT2D eigenvalue weighted by Crippen LogP contribution is 2.23. The van der Waals surface area contributed by atoms with Gasteiger partial charge in [-0.25, -0.2) is 4.98 Å². The molecular formula is C14H22N4S. The molecule has 2 aromatic heterocycles. The van der Waals surface area contributed by atoms with E-state index in [1.54, 1.807) is 0 Å². The fraction of sp³-hybridized carbons (Fsp3) is 0.571. The molecule has 104 valence electrons. The van der Waals surface area contributed by atoms with E-state index in [4.69, 9.17) is 12.2 Å². The first kappa shape index (κ1) is 14.2. The molecule has 4 nitrogen and oxygen atoms in total. The number of aromatic amines is 1. The number of pyridine rings is 1. The van der Waals surface area contributed by atoms with Crippen molar-refractivity contribution in [2.75, 3.05) is 20.6 Å². The third-order valence-electron chi connectivity index (χ3n) is 3.16. The smallest absolute Gasteiger partial charge is 0.179 e. The standard InChI is InChI=1S/C14H22N4S/c1-10(2)8-11(9-17(3)4)18-13-12(16-14(18)19)6-5-7-15-13/h5-7,10-11H,8-9H2,1-4H3,(H,16,19). The normalized spacial score (nSPS) is 13.6. The zero-order chi connectivity index (χ0) is 14.0. The summed E-state index contributed by atoms with van der Waals surface area (Å²) in [6.45, 7) is 5.46. The van der Waals surface area contributed by atoms with E-state index in [0.29, 0.717) is 12.0 Å². The Balaban J connectivity index is 2.48. The van der Waals surface area contributed by atoms with Crippen LogP contribution in [0, 0.1) is 10.7 Å². The van der Waals surface area contributed by atoms with E-state index in [0.717, 1.165) is 28.9 Å². The van der Waals surface area contributed by atoms with Gasteiger partial charge in [0.15, 0.2) is 10.4 Å². The van der Waals surface area contributed by atoms with Crippen molar-refractivity contribution in [2.45, 2.75) is 26.3 Å². The third-order valence-corrected chi connectivity index (χ3v) is 3.46. The highest BCUT2D eigenvalue weighted by molar-refractivity contribution is 7.71. The molecule has 2 heterocycles. The Kier molecular flexibility index (Phi) is 4.37. The van der Waals surface area contributed by atoms with Crippen molar-refractivity contribution in [3.05, 3.63) is 23.1 Å². The van der Waals surface area contributed by atoms with Gasteiger partial charge in [0.2, 0.25) is 0 Å². The van der Waals surface area contributed by atoms with Crippen molar-refractivity contribution in [3.63, 3.8) is 0 Å². The molecule has 0 spiro atoms. The fourth-order valence-corrected chi connectivity index (χ4v) is 2.87. The number of H-pyrrole nitrogens is 1. The molecule has 0 aliphatic heterocycles. The average Bonchev–Trinajstić information content (AvgIpc) is 2.62. The predicted octanol–water partition coefficient (Wildman–Crippen LogP) is 3.24. The van der Waals surface area contributed by atoms with Crippen LogP contribution in [0.3, 0.4) is 0 Å². The summed E-state index contributed by atoms with van der Waals surface area (Å²) in [5, 5.41) is 0. The first-order valence-corrected chi connectivity index (χ1v) is 7.10. The Morgan fingerprint density at radius 3 is 2.79 bits per heavy atom. The van der Waals surface area contributed by atoms with Gasteiger partial charge in [-0.15, -0.1) is 0 Å². The minimum atomic E-state index is 0.353. The van der Waals surface area contributed by atoms with Crippen LogP contribution in [0.1, 0.15) is 26.3 Å². The second-order valence-electron chi connectivity index (χ2n) is 5.72. The van der Waals surface area contributed by atoms with Gasteiger partial charge in [0.05, 0.1) is 11.6 Å². The van der Waals surface area contributed by atoms with Crippen LogP contribution >= 0.6 is 12.2 Å². The molecule has 19 heavy (non-hydrogen) atoms. The number of hydrogen-bond acceptors (Lipinski definition) is 3. The maximum absolute atomic E-state index is 5.48. The van der Waals surface area contributed by atoms with Gasteiger partial charge in [0, 0.05) is 12.7 Å². The predicted molar refractivity (Wildman–Crippen MR) is 82.0 cm³/mol. The fourth-order valence-electron chi connectivity index (χ4n) is 2.52. The first-order valence-electron chi connectivity index (χ1n) is 6.69. The molecule has 0 aliphatic carbocycles. The molecule has 1 unspecified atom stereocenters. The zero-order valence-corrected chi connectivity index (χ0v) is 12.9. The summed E-state index contributed by atoms with van der Waals surface area (Å²) in [6, 6.07) is 4.31. The van der Waals surface area contributed by atoms with Gasteiger partial charge in [-0.1, -0.05) is 13.8 Å². The second-order valence-corrected chi connectivity index (χ2v) is 6.11. The summed E-state index contributed by atoms with van der Waals surface area (Å²) in [4.78, 5) is 9.94. The summed E-state index contributed by atoms with van der Waals surface area (Å²) < 4.78 is 2.94. The molecular weight excluding hydrogens is 256 g/mol. The van der Waals surface area contributed by atoms with Crippen molar-refractivity contribution < 1.29 is 0 Å². The highest BCUT2D eigenvalue weighted by Gasteiger charge is 2.18. The molecule has 1 N–H and O–H groups in total. The Hall–Kier alpha value is -1.20. The van der Waals surface area contributed by atoms with Crippen molar-refractivity contribution in [2.24, 2.45) is 5.92 Å². The van der Waals surface area contributed by atoms with Crippen molar-refractivity contribution in [1.82, 2.24) is 19.4 Å². The van der Waals surface area contributed by atoms with Crippen LogP contribution < -0.4 is 0 Å². The van der Waals surface area contributed by atoms with Crippen molar-refractivity contribution >= 4 is 23.4 Å². The first-order chi connectivity index (χ1) is 8.99. The number of nitrogens with one attached hydrogen (secondary N) is 1. The summed E-state index contributed by atoms with van der Waals surface area (Å²) >= 11 is 5.48. The van der Waals surface area contributed by atoms with Gasteiger partial charge in [-0.2, -0.15) is 0 Å². The molecule has 2 aromatic rings. The summed E-state index contributed by atoms with van der Waals surface area (Å²) in [7, 11) is 4.19. The van der Waals surface area contributed by atoms with Crippen LogP contribution in [0.4, 0.5) is 0 Å². The third kappa shape index (κ3) is 3.22. The van der Waals surface area contributed by atoms with Crippen LogP contribution in [0.5, 0.6) is 0 Å². The van der Waals surface area contributed by atoms with Gasteiger partial charge < -0.3 is 9.88 Å². The van der Waals surface area contributed by atoms with Gasteiger partial charge in [0.25, 0.3) is 0 Å². The van der Waals surface area contributed by atoms with E-state index < -0.39 is 0 Å². The Bertz CT molecular complexity index is 587. The lowest BCUT2D eigenvalue weighted by Gasteiger charge is -2.24. The van der Waals surface area contributed by atoms with Crippen LogP contribution in [0.2, 0.25) is 0 Å². The number of rotatable bonds is 5. The monoisotopic (exact) mass is 278 g/mol. The summed E-state index contributed by atoms with van der Waals surface area (Å²) in [5.74, 6) is 0.625. The maximum Gasteiger partial charge on any atom is 0.179 e. The molecule has 2 rings (SSSR count). The van der Waals surface area contributed by atoms with Crippen LogP contribution in [0.15, 0.2) is 18.3 Å². The lowest BCUT2D eigenvalue weighted by atomic mass is 10.0. The average molecular weight is 278 g/mol. The molecule has 0 bridgehead atoms. The van der Waals surface area contributed by atoms with Gasteiger partial charge in [-0.05, 0) is 50.8 Å². The molecule has 0 fully saturated rings. The lowest BCUT2D eigenvalue weighted by molar-refractivity contribution is 0.290.